The molecule has 134 valence electrons. The third-order valence-corrected chi connectivity index (χ3v) is 5.12. The lowest BCUT2D eigenvalue weighted by atomic mass is 9.89. The highest BCUT2D eigenvalue weighted by molar-refractivity contribution is 5.97. The van der Waals surface area contributed by atoms with Crippen molar-refractivity contribution < 1.29 is 9.90 Å². The van der Waals surface area contributed by atoms with Crippen LogP contribution in [0.5, 0.6) is 5.75 Å². The quantitative estimate of drug-likeness (QED) is 0.738. The van der Waals surface area contributed by atoms with Crippen molar-refractivity contribution in [1.82, 2.24) is 20.1 Å². The summed E-state index contributed by atoms with van der Waals surface area (Å²) in [6.45, 7) is 1.33. The number of carbonyl (C=O) groups excluding carboxylic acids is 1. The number of rotatable bonds is 2. The van der Waals surface area contributed by atoms with Gasteiger partial charge in [0, 0.05) is 23.9 Å². The van der Waals surface area contributed by atoms with E-state index in [-0.39, 0.29) is 11.7 Å². The van der Waals surface area contributed by atoms with Gasteiger partial charge in [0.2, 0.25) is 0 Å². The third-order valence-electron chi connectivity index (χ3n) is 5.12. The number of benzene rings is 1. The first-order valence-electron chi connectivity index (χ1n) is 9.03. The van der Waals surface area contributed by atoms with E-state index in [4.69, 9.17) is 5.10 Å². The molecule has 0 atom stereocenters. The molecule has 5 rings (SSSR count). The summed E-state index contributed by atoms with van der Waals surface area (Å²) in [4.78, 5) is 16.8. The number of amides is 1. The molecule has 0 fully saturated rings. The van der Waals surface area contributed by atoms with Gasteiger partial charge in [0.15, 0.2) is 0 Å². The van der Waals surface area contributed by atoms with Gasteiger partial charge < -0.3 is 10.4 Å². The monoisotopic (exact) mass is 358 g/mol. The van der Waals surface area contributed by atoms with Crippen molar-refractivity contribution in [2.75, 3.05) is 6.54 Å². The van der Waals surface area contributed by atoms with Crippen LogP contribution in [0.3, 0.4) is 0 Å². The highest BCUT2D eigenvalue weighted by Gasteiger charge is 2.30. The minimum Gasteiger partial charge on any atom is -0.508 e. The van der Waals surface area contributed by atoms with E-state index in [1.54, 1.807) is 12.1 Å². The highest BCUT2D eigenvalue weighted by Crippen LogP contribution is 2.35. The molecule has 1 aliphatic heterocycles. The third kappa shape index (κ3) is 2.70. The average molecular weight is 358 g/mol. The molecule has 1 amide bonds. The maximum atomic E-state index is 12.3. The molecule has 3 aromatic rings. The summed E-state index contributed by atoms with van der Waals surface area (Å²) in [6.07, 6.45) is 7.50. The van der Waals surface area contributed by atoms with Crippen LogP contribution in [-0.4, -0.2) is 32.3 Å². The second kappa shape index (κ2) is 6.09. The molecular formula is C21H18N4O2. The summed E-state index contributed by atoms with van der Waals surface area (Å²) in [5.74, 6) is 0.222. The predicted molar refractivity (Wildman–Crippen MR) is 102 cm³/mol. The predicted octanol–water partition coefficient (Wildman–Crippen LogP) is 2.66. The molecule has 0 saturated heterocycles. The minimum atomic E-state index is -0.0278. The first-order valence-corrected chi connectivity index (χ1v) is 9.03. The molecule has 2 N–H and O–H groups in total. The van der Waals surface area contributed by atoms with Crippen LogP contribution < -0.4 is 5.32 Å². The van der Waals surface area contributed by atoms with Crippen molar-refractivity contribution in [1.29, 1.82) is 0 Å². The van der Waals surface area contributed by atoms with Gasteiger partial charge in [0.05, 0.1) is 17.9 Å². The van der Waals surface area contributed by atoms with Gasteiger partial charge in [-0.1, -0.05) is 18.2 Å². The van der Waals surface area contributed by atoms with Gasteiger partial charge in [-0.3, -0.25) is 14.5 Å². The number of phenolic OH excluding ortho intramolecular Hbond substituents is 1. The fourth-order valence-electron chi connectivity index (χ4n) is 3.76. The van der Waals surface area contributed by atoms with E-state index in [1.807, 2.05) is 41.2 Å². The lowest BCUT2D eigenvalue weighted by Gasteiger charge is -2.17. The Bertz CT molecular complexity index is 1080. The zero-order valence-corrected chi connectivity index (χ0v) is 14.6. The van der Waals surface area contributed by atoms with Gasteiger partial charge in [0.25, 0.3) is 5.91 Å². The van der Waals surface area contributed by atoms with Crippen LogP contribution >= 0.6 is 0 Å². The number of carbonyl (C=O) groups is 1. The van der Waals surface area contributed by atoms with Crippen LogP contribution in [0.25, 0.3) is 23.4 Å². The summed E-state index contributed by atoms with van der Waals surface area (Å²) in [5.41, 5.74) is 6.71. The van der Waals surface area contributed by atoms with Crippen LogP contribution in [-0.2, 0) is 19.4 Å². The van der Waals surface area contributed by atoms with Crippen molar-refractivity contribution in [3.63, 3.8) is 0 Å². The maximum Gasteiger partial charge on any atom is 0.269 e. The summed E-state index contributed by atoms with van der Waals surface area (Å²) < 4.78 is 1.84. The Labute approximate surface area is 156 Å². The molecular weight excluding hydrogens is 340 g/mol. The molecule has 3 heterocycles. The van der Waals surface area contributed by atoms with Crippen molar-refractivity contribution in [3.05, 3.63) is 64.6 Å². The zero-order chi connectivity index (χ0) is 18.4. The second-order valence-electron chi connectivity index (χ2n) is 6.85. The van der Waals surface area contributed by atoms with E-state index in [0.717, 1.165) is 40.9 Å². The molecule has 1 aliphatic carbocycles. The normalized spacial score (nSPS) is 15.2. The number of phenols is 1. The average Bonchev–Trinajstić information content (AvgIpc) is 3.08. The number of nitrogens with zero attached hydrogens (tertiary/aromatic N) is 3. The summed E-state index contributed by atoms with van der Waals surface area (Å²) in [7, 11) is 0. The van der Waals surface area contributed by atoms with Crippen molar-refractivity contribution >= 4 is 18.1 Å². The number of aromatic nitrogens is 3. The van der Waals surface area contributed by atoms with Gasteiger partial charge in [-0.05, 0) is 48.2 Å². The SMILES string of the molecule is O=C1NCCn2nc3c(c21)CCc1cnc(/C=C/c2ccc(O)cc2)cc1-3. The lowest BCUT2D eigenvalue weighted by Crippen LogP contribution is -2.36. The Morgan fingerprint density at radius 3 is 2.85 bits per heavy atom. The van der Waals surface area contributed by atoms with Crippen molar-refractivity contribution in [2.24, 2.45) is 0 Å². The Hall–Kier alpha value is -3.41. The number of hydrogen-bond acceptors (Lipinski definition) is 4. The highest BCUT2D eigenvalue weighted by atomic mass is 16.3. The fraction of sp³-hybridized carbons (Fsp3) is 0.190. The first-order chi connectivity index (χ1) is 13.2. The molecule has 0 unspecified atom stereocenters. The van der Waals surface area contributed by atoms with Crippen LogP contribution in [0, 0.1) is 0 Å². The van der Waals surface area contributed by atoms with E-state index in [0.29, 0.717) is 18.8 Å². The molecule has 0 radical (unpaired) electrons. The first kappa shape index (κ1) is 15.8. The molecule has 2 aliphatic rings. The van der Waals surface area contributed by atoms with Gasteiger partial charge in [-0.2, -0.15) is 5.10 Å². The Morgan fingerprint density at radius 1 is 1.15 bits per heavy atom. The number of aromatic hydroxyl groups is 1. The molecule has 6 heteroatoms. The smallest absolute Gasteiger partial charge is 0.269 e. The van der Waals surface area contributed by atoms with Gasteiger partial charge in [0.1, 0.15) is 11.4 Å². The molecule has 1 aromatic carbocycles. The maximum absolute atomic E-state index is 12.3. The standard InChI is InChI=1S/C21H18N4O2/c26-16-6-2-13(3-7-16)1-5-15-11-18-14(12-23-15)4-8-17-19(18)24-25-10-9-22-21(27)20(17)25/h1-3,5-7,11-12,26H,4,8-10H2,(H,22,27)/b5-1+. The summed E-state index contributed by atoms with van der Waals surface area (Å²) in [6, 6.07) is 9.07. The Balaban J connectivity index is 1.53. The van der Waals surface area contributed by atoms with Crippen LogP contribution in [0.2, 0.25) is 0 Å². The van der Waals surface area contributed by atoms with Crippen molar-refractivity contribution in [3.8, 4) is 17.0 Å². The second-order valence-corrected chi connectivity index (χ2v) is 6.85. The van der Waals surface area contributed by atoms with E-state index in [2.05, 4.69) is 10.3 Å². The van der Waals surface area contributed by atoms with Gasteiger partial charge in [-0.15, -0.1) is 0 Å². The van der Waals surface area contributed by atoms with Crippen LogP contribution in [0.4, 0.5) is 0 Å². The van der Waals surface area contributed by atoms with Crippen LogP contribution in [0.1, 0.15) is 32.9 Å². The van der Waals surface area contributed by atoms with Gasteiger partial charge in [-0.25, -0.2) is 0 Å². The molecule has 0 bridgehead atoms. The fourth-order valence-corrected chi connectivity index (χ4v) is 3.76. The topological polar surface area (TPSA) is 80.0 Å². The molecule has 0 spiro atoms. The Morgan fingerprint density at radius 2 is 2.00 bits per heavy atom. The molecule has 6 nitrogen and oxygen atoms in total. The molecule has 0 saturated carbocycles. The zero-order valence-electron chi connectivity index (χ0n) is 14.6. The molecule has 27 heavy (non-hydrogen) atoms. The van der Waals surface area contributed by atoms with Crippen molar-refractivity contribution in [2.45, 2.75) is 19.4 Å². The minimum absolute atomic E-state index is 0.0278. The Kier molecular flexibility index (Phi) is 3.57. The summed E-state index contributed by atoms with van der Waals surface area (Å²) >= 11 is 0. The number of hydrogen-bond donors (Lipinski definition) is 2. The number of nitrogens with one attached hydrogen (secondary N) is 1. The van der Waals surface area contributed by atoms with E-state index in [1.165, 1.54) is 5.56 Å². The van der Waals surface area contributed by atoms with Crippen LogP contribution in [0.15, 0.2) is 36.5 Å². The number of fused-ring (bicyclic) bond motifs is 5. The summed E-state index contributed by atoms with van der Waals surface area (Å²) in [5, 5.41) is 17.0. The number of aryl methyl sites for hydroxylation is 1. The molecule has 2 aromatic heterocycles. The lowest BCUT2D eigenvalue weighted by molar-refractivity contribution is 0.0923. The van der Waals surface area contributed by atoms with Gasteiger partial charge >= 0.3 is 0 Å². The number of pyridine rings is 1. The van der Waals surface area contributed by atoms with E-state index >= 15 is 0 Å². The largest absolute Gasteiger partial charge is 0.508 e. The van der Waals surface area contributed by atoms with E-state index < -0.39 is 0 Å². The van der Waals surface area contributed by atoms with E-state index in [9.17, 15) is 9.90 Å².